The zero-order valence-electron chi connectivity index (χ0n) is 14.9. The molecule has 0 saturated carbocycles. The van der Waals surface area contributed by atoms with Crippen molar-refractivity contribution in [1.82, 2.24) is 24.7 Å². The van der Waals surface area contributed by atoms with Crippen LogP contribution in [0.2, 0.25) is 0 Å². The Kier molecular flexibility index (Phi) is 3.95. The van der Waals surface area contributed by atoms with Gasteiger partial charge >= 0.3 is 0 Å². The minimum absolute atomic E-state index is 0.149. The number of aryl methyl sites for hydroxylation is 3. The molecule has 0 unspecified atom stereocenters. The molecular formula is C18H19N5O3. The highest BCUT2D eigenvalue weighted by Crippen LogP contribution is 2.32. The molecule has 0 radical (unpaired) electrons. The van der Waals surface area contributed by atoms with Crippen LogP contribution in [-0.4, -0.2) is 37.9 Å². The van der Waals surface area contributed by atoms with E-state index in [4.69, 9.17) is 9.47 Å². The third kappa shape index (κ3) is 2.94. The van der Waals surface area contributed by atoms with E-state index in [2.05, 4.69) is 20.1 Å². The summed E-state index contributed by atoms with van der Waals surface area (Å²) in [6.45, 7) is 6.48. The molecule has 0 saturated heterocycles. The molecule has 3 heterocycles. The van der Waals surface area contributed by atoms with E-state index in [1.54, 1.807) is 11.6 Å². The third-order valence-electron chi connectivity index (χ3n) is 4.23. The molecule has 1 N–H and O–H groups in total. The van der Waals surface area contributed by atoms with E-state index in [-0.39, 0.29) is 5.56 Å². The predicted molar refractivity (Wildman–Crippen MR) is 94.2 cm³/mol. The molecule has 4 rings (SSSR count). The number of fused-ring (bicyclic) bond motifs is 1. The van der Waals surface area contributed by atoms with E-state index in [1.165, 1.54) is 0 Å². The van der Waals surface area contributed by atoms with Crippen molar-refractivity contribution in [3.63, 3.8) is 0 Å². The van der Waals surface area contributed by atoms with E-state index in [0.29, 0.717) is 59.9 Å². The summed E-state index contributed by atoms with van der Waals surface area (Å²) in [6.07, 6.45) is 0.337. The highest BCUT2D eigenvalue weighted by molar-refractivity contribution is 5.49. The Balaban J connectivity index is 1.75. The van der Waals surface area contributed by atoms with Crippen LogP contribution in [0.4, 0.5) is 0 Å². The minimum Gasteiger partial charge on any atom is -0.486 e. The molecule has 0 spiro atoms. The van der Waals surface area contributed by atoms with Gasteiger partial charge in [0, 0.05) is 23.7 Å². The number of hydrogen-bond donors (Lipinski definition) is 1. The molecule has 0 bridgehead atoms. The Morgan fingerprint density at radius 1 is 1.12 bits per heavy atom. The fraction of sp³-hybridized carbons (Fsp3) is 0.333. The van der Waals surface area contributed by atoms with Gasteiger partial charge in [0.1, 0.15) is 30.7 Å². The molecule has 1 aliphatic heterocycles. The molecular weight excluding hydrogens is 334 g/mol. The van der Waals surface area contributed by atoms with E-state index in [9.17, 15) is 4.79 Å². The zero-order valence-corrected chi connectivity index (χ0v) is 14.9. The molecule has 0 aliphatic carbocycles. The van der Waals surface area contributed by atoms with Gasteiger partial charge in [-0.25, -0.2) is 14.6 Å². The molecule has 1 aromatic carbocycles. The number of nitrogens with one attached hydrogen (secondary N) is 1. The lowest BCUT2D eigenvalue weighted by Crippen LogP contribution is -2.19. The molecule has 8 nitrogen and oxygen atoms in total. The van der Waals surface area contributed by atoms with Gasteiger partial charge in [-0.15, -0.1) is 0 Å². The van der Waals surface area contributed by atoms with Crippen LogP contribution in [0.3, 0.4) is 0 Å². The Morgan fingerprint density at radius 3 is 2.65 bits per heavy atom. The van der Waals surface area contributed by atoms with E-state index in [0.717, 1.165) is 5.69 Å². The summed E-state index contributed by atoms with van der Waals surface area (Å²) in [4.78, 5) is 23.9. The van der Waals surface area contributed by atoms with Crippen molar-refractivity contribution < 1.29 is 9.47 Å². The fourth-order valence-electron chi connectivity index (χ4n) is 3.06. The van der Waals surface area contributed by atoms with Crippen LogP contribution in [-0.2, 0) is 6.42 Å². The number of aromatic amines is 1. The maximum atomic E-state index is 12.3. The molecule has 8 heteroatoms. The van der Waals surface area contributed by atoms with Crippen LogP contribution in [0.1, 0.15) is 28.7 Å². The van der Waals surface area contributed by atoms with Crippen LogP contribution in [0.5, 0.6) is 11.5 Å². The van der Waals surface area contributed by atoms with Crippen molar-refractivity contribution in [2.45, 2.75) is 27.2 Å². The second kappa shape index (κ2) is 6.29. The van der Waals surface area contributed by atoms with Crippen molar-refractivity contribution in [1.29, 1.82) is 0 Å². The number of aromatic nitrogens is 5. The van der Waals surface area contributed by atoms with Crippen LogP contribution >= 0.6 is 0 Å². The van der Waals surface area contributed by atoms with Crippen molar-refractivity contribution >= 4 is 0 Å². The van der Waals surface area contributed by atoms with Gasteiger partial charge in [0.15, 0.2) is 11.5 Å². The number of rotatable bonds is 3. The second-order valence-electron chi connectivity index (χ2n) is 6.21. The number of hydrogen-bond acceptors (Lipinski definition) is 6. The largest absolute Gasteiger partial charge is 0.486 e. The average Bonchev–Trinajstić information content (AvgIpc) is 2.98. The first kappa shape index (κ1) is 16.3. The maximum absolute atomic E-state index is 12.3. The lowest BCUT2D eigenvalue weighted by molar-refractivity contribution is 0.171. The van der Waals surface area contributed by atoms with Gasteiger partial charge in [-0.05, 0) is 32.9 Å². The normalized spacial score (nSPS) is 13.0. The van der Waals surface area contributed by atoms with Crippen LogP contribution in [0.25, 0.3) is 5.69 Å². The van der Waals surface area contributed by atoms with Gasteiger partial charge in [0.05, 0.1) is 5.69 Å². The molecule has 0 amide bonds. The first-order valence-corrected chi connectivity index (χ1v) is 8.40. The molecule has 2 aromatic heterocycles. The summed E-state index contributed by atoms with van der Waals surface area (Å²) in [7, 11) is 0. The summed E-state index contributed by atoms with van der Waals surface area (Å²) in [5, 5.41) is 4.48. The second-order valence-corrected chi connectivity index (χ2v) is 6.21. The average molecular weight is 353 g/mol. The number of ether oxygens (including phenoxy) is 2. The van der Waals surface area contributed by atoms with Crippen molar-refractivity contribution in [2.75, 3.05) is 13.2 Å². The molecule has 134 valence electrons. The topological polar surface area (TPSA) is 94.9 Å². The lowest BCUT2D eigenvalue weighted by Gasteiger charge is -2.19. The van der Waals surface area contributed by atoms with E-state index >= 15 is 0 Å². The zero-order chi connectivity index (χ0) is 18.3. The monoisotopic (exact) mass is 353 g/mol. The highest BCUT2D eigenvalue weighted by Gasteiger charge is 2.17. The van der Waals surface area contributed by atoms with Gasteiger partial charge in [-0.1, -0.05) is 0 Å². The highest BCUT2D eigenvalue weighted by atomic mass is 16.6. The fourth-order valence-corrected chi connectivity index (χ4v) is 3.06. The third-order valence-corrected chi connectivity index (χ3v) is 4.23. The summed E-state index contributed by atoms with van der Waals surface area (Å²) >= 11 is 0. The smallest absolute Gasteiger partial charge is 0.254 e. The number of nitrogens with zero attached hydrogens (tertiary/aromatic N) is 4. The van der Waals surface area contributed by atoms with Crippen molar-refractivity contribution in [3.8, 4) is 17.2 Å². The van der Waals surface area contributed by atoms with Gasteiger partial charge in [-0.3, -0.25) is 4.79 Å². The van der Waals surface area contributed by atoms with Crippen LogP contribution in [0.15, 0.2) is 23.0 Å². The lowest BCUT2D eigenvalue weighted by atomic mass is 10.1. The number of H-pyrrole nitrogens is 1. The van der Waals surface area contributed by atoms with Crippen molar-refractivity contribution in [2.24, 2.45) is 0 Å². The molecule has 3 aromatic rings. The quantitative estimate of drug-likeness (QED) is 0.769. The van der Waals surface area contributed by atoms with E-state index in [1.807, 2.05) is 32.0 Å². The minimum atomic E-state index is -0.149. The molecule has 1 aliphatic rings. The summed E-state index contributed by atoms with van der Waals surface area (Å²) < 4.78 is 12.9. The Morgan fingerprint density at radius 2 is 1.88 bits per heavy atom. The van der Waals surface area contributed by atoms with Gasteiger partial charge < -0.3 is 14.5 Å². The van der Waals surface area contributed by atoms with Crippen LogP contribution in [0, 0.1) is 20.8 Å². The Bertz CT molecular complexity index is 1040. The molecule has 0 atom stereocenters. The summed E-state index contributed by atoms with van der Waals surface area (Å²) in [5.41, 5.74) is 1.94. The molecule has 0 fully saturated rings. The standard InChI is InChI=1S/C18H19N5O3/c1-10-14(18(24)21-11(2)19-10)9-17-20-12(3)22-23(17)13-4-5-15-16(8-13)26-7-6-25-15/h4-5,8H,6-7,9H2,1-3H3,(H,19,21,24). The number of benzene rings is 1. The van der Waals surface area contributed by atoms with Gasteiger partial charge in [0.25, 0.3) is 5.56 Å². The first-order valence-electron chi connectivity index (χ1n) is 8.40. The molecule has 26 heavy (non-hydrogen) atoms. The SMILES string of the molecule is Cc1nc(Cc2c(C)nc(C)[nH]c2=O)n(-c2ccc3c(c2)OCCO3)n1. The summed E-state index contributed by atoms with van der Waals surface area (Å²) in [6, 6.07) is 5.63. The maximum Gasteiger partial charge on any atom is 0.254 e. The Hall–Kier alpha value is -3.16. The first-order chi connectivity index (χ1) is 12.5. The van der Waals surface area contributed by atoms with E-state index < -0.39 is 0 Å². The van der Waals surface area contributed by atoms with Crippen LogP contribution < -0.4 is 15.0 Å². The van der Waals surface area contributed by atoms with Gasteiger partial charge in [-0.2, -0.15) is 5.10 Å². The van der Waals surface area contributed by atoms with Gasteiger partial charge in [0.2, 0.25) is 0 Å². The Labute approximate surface area is 149 Å². The summed E-state index contributed by atoms with van der Waals surface area (Å²) in [5.74, 6) is 3.29. The van der Waals surface area contributed by atoms with Crippen molar-refractivity contribution in [3.05, 3.63) is 57.3 Å². The predicted octanol–water partition coefficient (Wildman–Crippen LogP) is 1.64.